The van der Waals surface area contributed by atoms with E-state index in [4.69, 9.17) is 0 Å². The Bertz CT molecular complexity index is 1350. The van der Waals surface area contributed by atoms with Crippen LogP contribution in [0, 0.1) is 0 Å². The van der Waals surface area contributed by atoms with Gasteiger partial charge in [-0.15, -0.1) is 0 Å². The summed E-state index contributed by atoms with van der Waals surface area (Å²) in [5, 5.41) is 4.58. The highest BCUT2D eigenvalue weighted by molar-refractivity contribution is 7.93. The maximum Gasteiger partial charge on any atom is 0.265 e. The quantitative estimate of drug-likeness (QED) is 0.345. The van der Waals surface area contributed by atoms with Crippen LogP contribution in [0.15, 0.2) is 71.6 Å². The van der Waals surface area contributed by atoms with Crippen LogP contribution < -0.4 is 9.62 Å². The third kappa shape index (κ3) is 5.64. The number of hydrogen-bond acceptors (Lipinski definition) is 4. The van der Waals surface area contributed by atoms with Gasteiger partial charge in [0.05, 0.1) is 10.6 Å². The molecule has 2 amide bonds. The van der Waals surface area contributed by atoms with Gasteiger partial charge >= 0.3 is 0 Å². The van der Waals surface area contributed by atoms with Gasteiger partial charge in [-0.1, -0.05) is 74.9 Å². The molecule has 3 aromatic carbocycles. The van der Waals surface area contributed by atoms with Crippen molar-refractivity contribution in [3.63, 3.8) is 0 Å². The number of sulfonamides is 1. The van der Waals surface area contributed by atoms with Crippen LogP contribution in [0.25, 0.3) is 10.8 Å². The number of anilines is 1. The van der Waals surface area contributed by atoms with Crippen LogP contribution in [-0.2, 0) is 26.2 Å². The van der Waals surface area contributed by atoms with Gasteiger partial charge < -0.3 is 10.2 Å². The fraction of sp³-hybridized carbons (Fsp3) is 0.379. The standard InChI is InChI=1S/C29H35N3O4S/c1-3-5-19-30-29(34)24(4-2)31(21-22-12-7-6-8-13-22)27(33)18-11-20-32-25-16-9-14-23-15-10-17-26(28(23)25)37(32,35)36/h6-10,12-17,24H,3-5,11,18-21H2,1-2H3,(H,30,34)/t24-/m1/s1. The van der Waals surface area contributed by atoms with Gasteiger partial charge in [0.25, 0.3) is 10.0 Å². The molecule has 1 aliphatic heterocycles. The van der Waals surface area contributed by atoms with E-state index >= 15 is 0 Å². The number of nitrogens with one attached hydrogen (secondary N) is 1. The Morgan fingerprint density at radius 2 is 1.68 bits per heavy atom. The number of carbonyl (C=O) groups is 2. The second-order valence-electron chi connectivity index (χ2n) is 9.39. The third-order valence-electron chi connectivity index (χ3n) is 6.84. The Morgan fingerprint density at radius 1 is 0.946 bits per heavy atom. The van der Waals surface area contributed by atoms with Crippen molar-refractivity contribution in [1.29, 1.82) is 0 Å². The van der Waals surface area contributed by atoms with Crippen molar-refractivity contribution in [2.24, 2.45) is 0 Å². The molecule has 8 heteroatoms. The average Bonchev–Trinajstić information content (AvgIpc) is 3.12. The second kappa shape index (κ2) is 11.8. The number of unbranched alkanes of at least 4 members (excludes halogenated alkanes) is 1. The van der Waals surface area contributed by atoms with Gasteiger partial charge in [0.2, 0.25) is 11.8 Å². The van der Waals surface area contributed by atoms with E-state index in [0.717, 1.165) is 29.2 Å². The molecule has 7 nitrogen and oxygen atoms in total. The van der Waals surface area contributed by atoms with Crippen molar-refractivity contribution in [3.8, 4) is 0 Å². The third-order valence-corrected chi connectivity index (χ3v) is 8.70. The summed E-state index contributed by atoms with van der Waals surface area (Å²) in [4.78, 5) is 28.5. The molecule has 0 unspecified atom stereocenters. The topological polar surface area (TPSA) is 86.8 Å². The molecule has 1 N–H and O–H groups in total. The zero-order chi connectivity index (χ0) is 26.4. The summed E-state index contributed by atoms with van der Waals surface area (Å²) in [6.45, 7) is 5.07. The minimum Gasteiger partial charge on any atom is -0.354 e. The highest BCUT2D eigenvalue weighted by Gasteiger charge is 2.35. The van der Waals surface area contributed by atoms with Gasteiger partial charge in [-0.25, -0.2) is 8.42 Å². The van der Waals surface area contributed by atoms with Crippen molar-refractivity contribution in [2.45, 2.75) is 63.4 Å². The summed E-state index contributed by atoms with van der Waals surface area (Å²) in [7, 11) is -3.67. The van der Waals surface area contributed by atoms with E-state index in [1.165, 1.54) is 4.31 Å². The molecule has 1 heterocycles. The lowest BCUT2D eigenvalue weighted by Gasteiger charge is -2.31. The van der Waals surface area contributed by atoms with E-state index < -0.39 is 16.1 Å². The van der Waals surface area contributed by atoms with Crippen LogP contribution in [0.3, 0.4) is 0 Å². The van der Waals surface area contributed by atoms with Gasteiger partial charge in [0, 0.05) is 31.4 Å². The number of benzene rings is 3. The Morgan fingerprint density at radius 3 is 2.38 bits per heavy atom. The van der Waals surface area contributed by atoms with Crippen molar-refractivity contribution in [1.82, 2.24) is 10.2 Å². The van der Waals surface area contributed by atoms with Crippen LogP contribution in [0.2, 0.25) is 0 Å². The summed E-state index contributed by atoms with van der Waals surface area (Å²) in [6.07, 6.45) is 2.84. The first-order valence-corrected chi connectivity index (χ1v) is 14.5. The lowest BCUT2D eigenvalue weighted by molar-refractivity contribution is -0.141. The summed E-state index contributed by atoms with van der Waals surface area (Å²) < 4.78 is 27.9. The maximum absolute atomic E-state index is 13.5. The Kier molecular flexibility index (Phi) is 8.48. The van der Waals surface area contributed by atoms with E-state index in [1.807, 2.05) is 61.5 Å². The van der Waals surface area contributed by atoms with Gasteiger partial charge in [0.1, 0.15) is 6.04 Å². The van der Waals surface area contributed by atoms with E-state index in [2.05, 4.69) is 12.2 Å². The van der Waals surface area contributed by atoms with E-state index in [9.17, 15) is 18.0 Å². The van der Waals surface area contributed by atoms with Crippen molar-refractivity contribution in [3.05, 3.63) is 72.3 Å². The van der Waals surface area contributed by atoms with E-state index in [1.54, 1.807) is 17.0 Å². The molecule has 0 saturated heterocycles. The molecular weight excluding hydrogens is 486 g/mol. The molecule has 37 heavy (non-hydrogen) atoms. The fourth-order valence-electron chi connectivity index (χ4n) is 4.92. The molecule has 0 radical (unpaired) electrons. The van der Waals surface area contributed by atoms with Crippen LogP contribution in [-0.4, -0.2) is 44.3 Å². The minimum absolute atomic E-state index is 0.143. The average molecular weight is 522 g/mol. The molecule has 3 aromatic rings. The molecule has 0 fully saturated rings. The first kappa shape index (κ1) is 26.7. The summed E-state index contributed by atoms with van der Waals surface area (Å²) in [6, 6.07) is 19.9. The molecular formula is C29H35N3O4S. The number of amides is 2. The van der Waals surface area contributed by atoms with Crippen molar-refractivity contribution >= 4 is 38.3 Å². The smallest absolute Gasteiger partial charge is 0.265 e. The molecule has 0 bridgehead atoms. The van der Waals surface area contributed by atoms with E-state index in [-0.39, 0.29) is 24.8 Å². The van der Waals surface area contributed by atoms with Crippen LogP contribution in [0.4, 0.5) is 5.69 Å². The fourth-order valence-corrected chi connectivity index (χ4v) is 6.67. The Balaban J connectivity index is 1.49. The zero-order valence-electron chi connectivity index (χ0n) is 21.5. The second-order valence-corrected chi connectivity index (χ2v) is 11.2. The molecule has 1 aliphatic rings. The highest BCUT2D eigenvalue weighted by Crippen LogP contribution is 2.42. The SMILES string of the molecule is CCCCNC(=O)[C@@H](CC)N(Cc1ccccc1)C(=O)CCCN1c2cccc3cccc(c23)S1(=O)=O. The molecule has 0 spiro atoms. The molecule has 1 atom stereocenters. The van der Waals surface area contributed by atoms with Crippen molar-refractivity contribution in [2.75, 3.05) is 17.4 Å². The zero-order valence-corrected chi connectivity index (χ0v) is 22.3. The van der Waals surface area contributed by atoms with Gasteiger partial charge in [0.15, 0.2) is 0 Å². The lowest BCUT2D eigenvalue weighted by atomic mass is 10.1. The molecule has 196 valence electrons. The number of rotatable bonds is 12. The largest absolute Gasteiger partial charge is 0.354 e. The van der Waals surface area contributed by atoms with Gasteiger partial charge in [-0.2, -0.15) is 0 Å². The summed E-state index contributed by atoms with van der Waals surface area (Å²) in [5.74, 6) is -0.307. The Hall–Kier alpha value is -3.39. The summed E-state index contributed by atoms with van der Waals surface area (Å²) in [5.41, 5.74) is 1.60. The molecule has 0 aliphatic carbocycles. The summed E-state index contributed by atoms with van der Waals surface area (Å²) >= 11 is 0. The normalized spacial score (nSPS) is 14.5. The Labute approximate surface area is 219 Å². The monoisotopic (exact) mass is 521 g/mol. The lowest BCUT2D eigenvalue weighted by Crippen LogP contribution is -2.49. The predicted octanol–water partition coefficient (Wildman–Crippen LogP) is 4.85. The first-order chi connectivity index (χ1) is 17.9. The van der Waals surface area contributed by atoms with Gasteiger partial charge in [-0.3, -0.25) is 13.9 Å². The number of carbonyl (C=O) groups excluding carboxylic acids is 2. The highest BCUT2D eigenvalue weighted by atomic mass is 32.2. The molecule has 0 saturated carbocycles. The predicted molar refractivity (Wildman–Crippen MR) is 147 cm³/mol. The van der Waals surface area contributed by atoms with Gasteiger partial charge in [-0.05, 0) is 42.3 Å². The number of hydrogen-bond donors (Lipinski definition) is 1. The van der Waals surface area contributed by atoms with E-state index in [0.29, 0.717) is 36.5 Å². The minimum atomic E-state index is -3.67. The van der Waals surface area contributed by atoms with Crippen molar-refractivity contribution < 1.29 is 18.0 Å². The molecule has 0 aromatic heterocycles. The number of nitrogens with zero attached hydrogens (tertiary/aromatic N) is 2. The van der Waals surface area contributed by atoms with Crippen LogP contribution in [0.1, 0.15) is 51.5 Å². The van der Waals surface area contributed by atoms with Crippen LogP contribution in [0.5, 0.6) is 0 Å². The van der Waals surface area contributed by atoms with Crippen LogP contribution >= 0.6 is 0 Å². The first-order valence-electron chi connectivity index (χ1n) is 13.0. The maximum atomic E-state index is 13.5. The molecule has 4 rings (SSSR count).